The van der Waals surface area contributed by atoms with E-state index < -0.39 is 0 Å². The van der Waals surface area contributed by atoms with Crippen LogP contribution in [0.1, 0.15) is 5.82 Å². The predicted octanol–water partition coefficient (Wildman–Crippen LogP) is 2.24. The van der Waals surface area contributed by atoms with Crippen LogP contribution >= 0.6 is 24.6 Å². The molecule has 0 aliphatic rings. The maximum atomic E-state index is 5.69. The van der Waals surface area contributed by atoms with Crippen LogP contribution in [0.15, 0.2) is 24.3 Å². The largest absolute Gasteiger partial charge is 0.399 e. The molecule has 1 aromatic heterocycles. The number of rotatable bonds is 1. The first kappa shape index (κ1) is 11.7. The van der Waals surface area contributed by atoms with Gasteiger partial charge in [0.25, 0.3) is 0 Å². The second kappa shape index (κ2) is 4.46. The average molecular weight is 243 g/mol. The van der Waals surface area contributed by atoms with Crippen LogP contribution in [-0.2, 0) is 0 Å². The van der Waals surface area contributed by atoms with Crippen molar-refractivity contribution in [3.05, 3.63) is 34.9 Å². The number of nitrogen functional groups attached to an aromatic ring is 1. The minimum atomic E-state index is 0. The minimum absolute atomic E-state index is 0. The molecule has 3 N–H and O–H groups in total. The highest BCUT2D eigenvalue weighted by atomic mass is 35.5. The van der Waals surface area contributed by atoms with Crippen LogP contribution in [-0.4, -0.2) is 14.8 Å². The SMILES string of the molecule is Cc1n[nH]c(=S)n1-c1cccc(N)c1.Cl. The van der Waals surface area contributed by atoms with Gasteiger partial charge in [0.05, 0.1) is 5.69 Å². The van der Waals surface area contributed by atoms with Crippen molar-refractivity contribution >= 4 is 30.3 Å². The van der Waals surface area contributed by atoms with Gasteiger partial charge in [-0.05, 0) is 37.3 Å². The zero-order chi connectivity index (χ0) is 10.1. The highest BCUT2D eigenvalue weighted by Gasteiger charge is 2.02. The van der Waals surface area contributed by atoms with Crippen LogP contribution in [0.4, 0.5) is 5.69 Å². The molecular weight excluding hydrogens is 232 g/mol. The summed E-state index contributed by atoms with van der Waals surface area (Å²) in [6.07, 6.45) is 0. The minimum Gasteiger partial charge on any atom is -0.399 e. The van der Waals surface area contributed by atoms with E-state index in [4.69, 9.17) is 18.0 Å². The number of hydrogen-bond donors (Lipinski definition) is 2. The predicted molar refractivity (Wildman–Crippen MR) is 65.1 cm³/mol. The number of anilines is 1. The highest BCUT2D eigenvalue weighted by molar-refractivity contribution is 7.71. The van der Waals surface area contributed by atoms with E-state index in [1.54, 1.807) is 0 Å². The van der Waals surface area contributed by atoms with Crippen LogP contribution in [0, 0.1) is 11.7 Å². The van der Waals surface area contributed by atoms with Crippen LogP contribution in [0.3, 0.4) is 0 Å². The van der Waals surface area contributed by atoms with Crippen molar-refractivity contribution in [2.45, 2.75) is 6.92 Å². The molecule has 1 aromatic carbocycles. The first-order chi connectivity index (χ1) is 6.68. The zero-order valence-electron chi connectivity index (χ0n) is 8.10. The van der Waals surface area contributed by atoms with Gasteiger partial charge in [0.2, 0.25) is 0 Å². The Morgan fingerprint density at radius 1 is 1.47 bits per heavy atom. The van der Waals surface area contributed by atoms with Gasteiger partial charge in [-0.2, -0.15) is 5.10 Å². The number of aromatic amines is 1. The van der Waals surface area contributed by atoms with E-state index in [0.717, 1.165) is 11.5 Å². The summed E-state index contributed by atoms with van der Waals surface area (Å²) in [4.78, 5) is 0. The molecule has 0 fully saturated rings. The van der Waals surface area contributed by atoms with Crippen molar-refractivity contribution in [3.8, 4) is 5.69 Å². The molecular formula is C9H11ClN4S. The molecule has 0 atom stereocenters. The van der Waals surface area contributed by atoms with E-state index in [0.29, 0.717) is 10.5 Å². The van der Waals surface area contributed by atoms with Crippen molar-refractivity contribution in [1.82, 2.24) is 14.8 Å². The van der Waals surface area contributed by atoms with Gasteiger partial charge < -0.3 is 5.73 Å². The molecule has 80 valence electrons. The molecule has 2 aromatic rings. The third-order valence-electron chi connectivity index (χ3n) is 1.97. The Morgan fingerprint density at radius 3 is 2.73 bits per heavy atom. The maximum absolute atomic E-state index is 5.69. The van der Waals surface area contributed by atoms with Crippen LogP contribution < -0.4 is 5.73 Å². The monoisotopic (exact) mass is 242 g/mol. The van der Waals surface area contributed by atoms with Crippen LogP contribution in [0.25, 0.3) is 5.69 Å². The van der Waals surface area contributed by atoms with E-state index in [1.807, 2.05) is 35.8 Å². The second-order valence-corrected chi connectivity index (χ2v) is 3.39. The highest BCUT2D eigenvalue weighted by Crippen LogP contribution is 2.13. The number of aromatic nitrogens is 3. The van der Waals surface area contributed by atoms with E-state index >= 15 is 0 Å². The number of hydrogen-bond acceptors (Lipinski definition) is 3. The molecule has 6 heteroatoms. The molecule has 0 aliphatic carbocycles. The summed E-state index contributed by atoms with van der Waals surface area (Å²) in [5.74, 6) is 0.820. The topological polar surface area (TPSA) is 59.6 Å². The average Bonchev–Trinajstić information content (AvgIpc) is 2.46. The van der Waals surface area contributed by atoms with Gasteiger partial charge in [-0.1, -0.05) is 6.07 Å². The van der Waals surface area contributed by atoms with E-state index in [2.05, 4.69) is 10.2 Å². The summed E-state index contributed by atoms with van der Waals surface area (Å²) in [5.41, 5.74) is 7.33. The van der Waals surface area contributed by atoms with Gasteiger partial charge in [0, 0.05) is 5.69 Å². The first-order valence-corrected chi connectivity index (χ1v) is 4.59. The Hall–Kier alpha value is -1.33. The normalized spacial score (nSPS) is 9.67. The summed E-state index contributed by atoms with van der Waals surface area (Å²) in [6, 6.07) is 7.52. The van der Waals surface area contributed by atoms with Gasteiger partial charge in [-0.3, -0.25) is 9.67 Å². The van der Waals surface area contributed by atoms with E-state index in [1.165, 1.54) is 0 Å². The fourth-order valence-corrected chi connectivity index (χ4v) is 1.63. The first-order valence-electron chi connectivity index (χ1n) is 4.18. The van der Waals surface area contributed by atoms with Gasteiger partial charge in [0.15, 0.2) is 4.77 Å². The van der Waals surface area contributed by atoms with E-state index in [9.17, 15) is 0 Å². The number of H-pyrrole nitrogens is 1. The van der Waals surface area contributed by atoms with Crippen LogP contribution in [0.2, 0.25) is 0 Å². The maximum Gasteiger partial charge on any atom is 0.199 e. The van der Waals surface area contributed by atoms with Crippen LogP contribution in [0.5, 0.6) is 0 Å². The van der Waals surface area contributed by atoms with Gasteiger partial charge in [0.1, 0.15) is 5.82 Å². The lowest BCUT2D eigenvalue weighted by molar-refractivity contribution is 0.964. The Labute approximate surface area is 98.5 Å². The van der Waals surface area contributed by atoms with Crippen molar-refractivity contribution in [1.29, 1.82) is 0 Å². The fourth-order valence-electron chi connectivity index (χ4n) is 1.34. The number of halogens is 1. The zero-order valence-corrected chi connectivity index (χ0v) is 9.73. The van der Waals surface area contributed by atoms with Gasteiger partial charge in [-0.25, -0.2) is 0 Å². The molecule has 0 saturated carbocycles. The fraction of sp³-hybridized carbons (Fsp3) is 0.111. The summed E-state index contributed by atoms with van der Waals surface area (Å²) in [5, 5.41) is 6.76. The van der Waals surface area contributed by atoms with Crippen molar-refractivity contribution in [2.24, 2.45) is 0 Å². The molecule has 0 radical (unpaired) electrons. The van der Waals surface area contributed by atoms with Crippen molar-refractivity contribution in [2.75, 3.05) is 5.73 Å². The number of aryl methyl sites for hydroxylation is 1. The number of nitrogens with two attached hydrogens (primary N) is 1. The lowest BCUT2D eigenvalue weighted by Gasteiger charge is -2.04. The molecule has 4 nitrogen and oxygen atoms in total. The lowest BCUT2D eigenvalue weighted by atomic mass is 10.3. The summed E-state index contributed by atoms with van der Waals surface area (Å²) < 4.78 is 2.42. The molecule has 1 heterocycles. The molecule has 0 spiro atoms. The quantitative estimate of drug-likeness (QED) is 0.596. The molecule has 0 saturated heterocycles. The Bertz CT molecular complexity index is 517. The number of benzene rings is 1. The van der Waals surface area contributed by atoms with E-state index in [-0.39, 0.29) is 12.4 Å². The number of nitrogens with zero attached hydrogens (tertiary/aromatic N) is 2. The number of nitrogens with one attached hydrogen (secondary N) is 1. The summed E-state index contributed by atoms with van der Waals surface area (Å²) >= 11 is 5.10. The smallest absolute Gasteiger partial charge is 0.199 e. The lowest BCUT2D eigenvalue weighted by Crippen LogP contribution is -1.97. The molecule has 0 amide bonds. The standard InChI is InChI=1S/C9H10N4S.ClH/c1-6-11-12-9(14)13(6)8-4-2-3-7(10)5-8;/h2-5H,10H2,1H3,(H,12,14);1H. The molecule has 0 bridgehead atoms. The van der Waals surface area contributed by atoms with Crippen molar-refractivity contribution < 1.29 is 0 Å². The second-order valence-electron chi connectivity index (χ2n) is 3.01. The Morgan fingerprint density at radius 2 is 2.20 bits per heavy atom. The van der Waals surface area contributed by atoms with Crippen molar-refractivity contribution in [3.63, 3.8) is 0 Å². The third kappa shape index (κ3) is 2.19. The third-order valence-corrected chi connectivity index (χ3v) is 2.24. The molecule has 2 rings (SSSR count). The summed E-state index contributed by atoms with van der Waals surface area (Å²) in [6.45, 7) is 1.88. The Kier molecular flexibility index (Phi) is 3.49. The van der Waals surface area contributed by atoms with Gasteiger partial charge >= 0.3 is 0 Å². The van der Waals surface area contributed by atoms with Gasteiger partial charge in [-0.15, -0.1) is 12.4 Å². The molecule has 0 unspecified atom stereocenters. The summed E-state index contributed by atoms with van der Waals surface area (Å²) in [7, 11) is 0. The molecule has 15 heavy (non-hydrogen) atoms. The Balaban J connectivity index is 0.00000112. The molecule has 0 aliphatic heterocycles.